The quantitative estimate of drug-likeness (QED) is 0.756. The van der Waals surface area contributed by atoms with Gasteiger partial charge in [0.15, 0.2) is 0 Å². The lowest BCUT2D eigenvalue weighted by atomic mass is 10.0. The summed E-state index contributed by atoms with van der Waals surface area (Å²) in [6, 6.07) is 13.9. The normalized spacial score (nSPS) is 12.9. The maximum Gasteiger partial charge on any atom is 0.262 e. The van der Waals surface area contributed by atoms with Gasteiger partial charge in [0.1, 0.15) is 5.15 Å². The van der Waals surface area contributed by atoms with Gasteiger partial charge < -0.3 is 4.57 Å². The minimum absolute atomic E-state index is 0.0512. The number of aromatic nitrogens is 3. The summed E-state index contributed by atoms with van der Waals surface area (Å²) in [7, 11) is -2.29. The van der Waals surface area contributed by atoms with Crippen molar-refractivity contribution in [3.8, 4) is 0 Å². The van der Waals surface area contributed by atoms with Crippen LogP contribution in [0.4, 0.5) is 0 Å². The van der Waals surface area contributed by atoms with E-state index < -0.39 is 16.1 Å². The maximum atomic E-state index is 12.7. The first-order chi connectivity index (χ1) is 11.5. The second kappa shape index (κ2) is 6.72. The van der Waals surface area contributed by atoms with Gasteiger partial charge in [-0.05, 0) is 17.7 Å². The topological polar surface area (TPSA) is 76.9 Å². The van der Waals surface area contributed by atoms with Crippen molar-refractivity contribution in [1.82, 2.24) is 19.3 Å². The van der Waals surface area contributed by atoms with Crippen molar-refractivity contribution >= 4 is 21.6 Å². The Kier molecular flexibility index (Phi) is 4.66. The fourth-order valence-corrected chi connectivity index (χ4v) is 3.90. The number of halogens is 1. The lowest BCUT2D eigenvalue weighted by Gasteiger charge is -2.18. The highest BCUT2D eigenvalue weighted by molar-refractivity contribution is 7.89. The van der Waals surface area contributed by atoms with E-state index in [-0.39, 0.29) is 10.2 Å². The lowest BCUT2D eigenvalue weighted by molar-refractivity contribution is 0.567. The van der Waals surface area contributed by atoms with Crippen LogP contribution in [-0.2, 0) is 17.1 Å². The van der Waals surface area contributed by atoms with Crippen molar-refractivity contribution in [3.63, 3.8) is 0 Å². The minimum atomic E-state index is -3.92. The largest absolute Gasteiger partial charge is 0.324 e. The van der Waals surface area contributed by atoms with Crippen LogP contribution in [0.25, 0.3) is 0 Å². The van der Waals surface area contributed by atoms with Gasteiger partial charge in [-0.2, -0.15) is 4.72 Å². The first-order valence-electron chi connectivity index (χ1n) is 7.14. The molecular weight excluding hydrogens is 348 g/mol. The van der Waals surface area contributed by atoms with Crippen LogP contribution in [0.15, 0.2) is 66.1 Å². The molecule has 0 aliphatic carbocycles. The predicted molar refractivity (Wildman–Crippen MR) is 91.1 cm³/mol. The van der Waals surface area contributed by atoms with E-state index in [1.165, 1.54) is 10.9 Å². The maximum absolute atomic E-state index is 12.7. The number of aryl methyl sites for hydroxylation is 1. The van der Waals surface area contributed by atoms with Crippen molar-refractivity contribution in [2.45, 2.75) is 11.1 Å². The third-order valence-electron chi connectivity index (χ3n) is 3.48. The Labute approximate surface area is 145 Å². The molecular formula is C16H15ClN4O2S. The summed E-state index contributed by atoms with van der Waals surface area (Å²) in [4.78, 5) is 8.16. The number of sulfonamides is 1. The Hall–Kier alpha value is -2.22. The summed E-state index contributed by atoms with van der Waals surface area (Å²) in [6.45, 7) is 0. The molecule has 0 saturated carbocycles. The Balaban J connectivity index is 2.03. The van der Waals surface area contributed by atoms with E-state index in [2.05, 4.69) is 14.7 Å². The molecule has 0 bridgehead atoms. The number of nitrogens with zero attached hydrogens (tertiary/aromatic N) is 3. The zero-order valence-electron chi connectivity index (χ0n) is 12.8. The van der Waals surface area contributed by atoms with Crippen LogP contribution < -0.4 is 4.72 Å². The van der Waals surface area contributed by atoms with Crippen LogP contribution in [0.5, 0.6) is 0 Å². The van der Waals surface area contributed by atoms with Crippen LogP contribution in [-0.4, -0.2) is 23.0 Å². The monoisotopic (exact) mass is 362 g/mol. The zero-order valence-corrected chi connectivity index (χ0v) is 14.4. The smallest absolute Gasteiger partial charge is 0.262 e. The van der Waals surface area contributed by atoms with E-state index in [9.17, 15) is 8.42 Å². The molecule has 124 valence electrons. The van der Waals surface area contributed by atoms with Gasteiger partial charge in [0.05, 0.1) is 18.1 Å². The Bertz CT molecular complexity index is 888. The van der Waals surface area contributed by atoms with Gasteiger partial charge in [-0.3, -0.25) is 4.98 Å². The highest BCUT2D eigenvalue weighted by atomic mass is 35.5. The van der Waals surface area contributed by atoms with Crippen molar-refractivity contribution in [2.75, 3.05) is 0 Å². The zero-order chi connectivity index (χ0) is 17.2. The lowest BCUT2D eigenvalue weighted by Crippen LogP contribution is -2.30. The number of hydrogen-bond donors (Lipinski definition) is 1. The van der Waals surface area contributed by atoms with E-state index in [1.807, 2.05) is 30.3 Å². The molecule has 2 aromatic heterocycles. The Morgan fingerprint density at radius 3 is 2.38 bits per heavy atom. The average molecular weight is 363 g/mol. The standard InChI is InChI=1S/C16H15ClN4O2S/c1-21-11-19-16(15(21)17)24(22,23)20-14(12-7-3-2-4-8-12)13-9-5-6-10-18-13/h2-11,14,20H,1H3. The van der Waals surface area contributed by atoms with Gasteiger partial charge >= 0.3 is 0 Å². The highest BCUT2D eigenvalue weighted by Gasteiger charge is 2.28. The number of rotatable bonds is 5. The van der Waals surface area contributed by atoms with Crippen molar-refractivity contribution < 1.29 is 8.42 Å². The molecule has 1 atom stereocenters. The molecule has 2 heterocycles. The first kappa shape index (κ1) is 16.6. The Morgan fingerprint density at radius 1 is 1.08 bits per heavy atom. The first-order valence-corrected chi connectivity index (χ1v) is 9.00. The molecule has 8 heteroatoms. The molecule has 0 radical (unpaired) electrons. The highest BCUT2D eigenvalue weighted by Crippen LogP contribution is 2.25. The number of nitrogens with one attached hydrogen (secondary N) is 1. The fraction of sp³-hybridized carbons (Fsp3) is 0.125. The van der Waals surface area contributed by atoms with E-state index in [0.717, 1.165) is 5.56 Å². The van der Waals surface area contributed by atoms with Gasteiger partial charge in [0, 0.05) is 13.2 Å². The summed E-state index contributed by atoms with van der Waals surface area (Å²) in [5.74, 6) is 0. The summed E-state index contributed by atoms with van der Waals surface area (Å²) in [5.41, 5.74) is 1.35. The van der Waals surface area contributed by atoms with Gasteiger partial charge in [-0.25, -0.2) is 13.4 Å². The Morgan fingerprint density at radius 2 is 1.79 bits per heavy atom. The third kappa shape index (κ3) is 3.33. The van der Waals surface area contributed by atoms with Crippen LogP contribution in [0.1, 0.15) is 17.3 Å². The summed E-state index contributed by atoms with van der Waals surface area (Å²) < 4.78 is 29.5. The third-order valence-corrected chi connectivity index (χ3v) is 5.39. The number of hydrogen-bond acceptors (Lipinski definition) is 4. The van der Waals surface area contributed by atoms with Crippen LogP contribution in [0.3, 0.4) is 0 Å². The van der Waals surface area contributed by atoms with Gasteiger partial charge in [0.2, 0.25) is 5.03 Å². The number of imidazole rings is 1. The van der Waals surface area contributed by atoms with Crippen LogP contribution >= 0.6 is 11.6 Å². The minimum Gasteiger partial charge on any atom is -0.324 e. The summed E-state index contributed by atoms with van der Waals surface area (Å²) >= 11 is 6.03. The molecule has 3 aromatic rings. The second-order valence-electron chi connectivity index (χ2n) is 5.17. The molecule has 0 saturated heterocycles. The fourth-order valence-electron chi connectivity index (χ4n) is 2.28. The van der Waals surface area contributed by atoms with Gasteiger partial charge in [-0.1, -0.05) is 48.0 Å². The SMILES string of the molecule is Cn1cnc(S(=O)(=O)NC(c2ccccc2)c2ccccn2)c1Cl. The molecule has 0 fully saturated rings. The molecule has 1 aromatic carbocycles. The summed E-state index contributed by atoms with van der Waals surface area (Å²) in [6.07, 6.45) is 2.97. The van der Waals surface area contributed by atoms with Gasteiger partial charge in [-0.15, -0.1) is 0 Å². The molecule has 0 spiro atoms. The van der Waals surface area contributed by atoms with E-state index >= 15 is 0 Å². The molecule has 0 amide bonds. The summed E-state index contributed by atoms with van der Waals surface area (Å²) in [5, 5.41) is -0.154. The van der Waals surface area contributed by atoms with E-state index in [1.54, 1.807) is 31.4 Å². The average Bonchev–Trinajstić information content (AvgIpc) is 2.94. The molecule has 0 aliphatic heterocycles. The van der Waals surface area contributed by atoms with Crippen molar-refractivity contribution in [1.29, 1.82) is 0 Å². The molecule has 24 heavy (non-hydrogen) atoms. The van der Waals surface area contributed by atoms with Crippen molar-refractivity contribution in [2.24, 2.45) is 7.05 Å². The second-order valence-corrected chi connectivity index (χ2v) is 7.16. The van der Waals surface area contributed by atoms with Crippen molar-refractivity contribution in [3.05, 3.63) is 77.5 Å². The van der Waals surface area contributed by atoms with Crippen LogP contribution in [0.2, 0.25) is 5.15 Å². The van der Waals surface area contributed by atoms with E-state index in [4.69, 9.17) is 11.6 Å². The number of pyridine rings is 1. The molecule has 6 nitrogen and oxygen atoms in total. The molecule has 1 N–H and O–H groups in total. The van der Waals surface area contributed by atoms with E-state index in [0.29, 0.717) is 5.69 Å². The molecule has 0 aliphatic rings. The number of benzene rings is 1. The van der Waals surface area contributed by atoms with Gasteiger partial charge in [0.25, 0.3) is 10.0 Å². The molecule has 1 unspecified atom stereocenters. The molecule has 3 rings (SSSR count). The predicted octanol–water partition coefficient (Wildman–Crippen LogP) is 2.54. The van der Waals surface area contributed by atoms with Crippen LogP contribution in [0, 0.1) is 0 Å².